The summed E-state index contributed by atoms with van der Waals surface area (Å²) in [5.41, 5.74) is -3.32. The van der Waals surface area contributed by atoms with E-state index in [1.54, 1.807) is 0 Å². The highest BCUT2D eigenvalue weighted by Crippen LogP contribution is 2.41. The lowest BCUT2D eigenvalue weighted by molar-refractivity contribution is -0.384. The highest BCUT2D eigenvalue weighted by Gasteiger charge is 2.51. The van der Waals surface area contributed by atoms with Crippen LogP contribution in [0.2, 0.25) is 0 Å². The van der Waals surface area contributed by atoms with Crippen LogP contribution in [0, 0.1) is 10.1 Å². The van der Waals surface area contributed by atoms with E-state index in [1.165, 1.54) is 29.2 Å². The van der Waals surface area contributed by atoms with Crippen molar-refractivity contribution in [1.29, 1.82) is 0 Å². The number of rotatable bonds is 7. The van der Waals surface area contributed by atoms with Crippen molar-refractivity contribution in [3.8, 4) is 0 Å². The molecule has 10 heteroatoms. The van der Waals surface area contributed by atoms with Gasteiger partial charge in [-0.3, -0.25) is 14.9 Å². The first-order valence-corrected chi connectivity index (χ1v) is 9.85. The molecule has 162 valence electrons. The Morgan fingerprint density at radius 3 is 2.43 bits per heavy atom. The highest BCUT2D eigenvalue weighted by molar-refractivity contribution is 9.10. The zero-order chi connectivity index (χ0) is 22.7. The van der Waals surface area contributed by atoms with Gasteiger partial charge in [0.05, 0.1) is 10.6 Å². The first-order chi connectivity index (χ1) is 13.9. The summed E-state index contributed by atoms with van der Waals surface area (Å²) < 4.78 is 39.6. The Hall–Kier alpha value is -2.46. The maximum absolute atomic E-state index is 13.1. The van der Waals surface area contributed by atoms with Gasteiger partial charge in [0.25, 0.3) is 11.6 Å². The van der Waals surface area contributed by atoms with Gasteiger partial charge in [0.2, 0.25) is 0 Å². The van der Waals surface area contributed by atoms with Crippen LogP contribution < -0.4 is 4.90 Å². The van der Waals surface area contributed by atoms with Crippen LogP contribution in [-0.4, -0.2) is 28.7 Å². The molecule has 0 bridgehead atoms. The number of carbonyl (C=O) groups excluding carboxylic acids is 1. The van der Waals surface area contributed by atoms with Gasteiger partial charge in [-0.15, -0.1) is 0 Å². The molecule has 0 aromatic heterocycles. The molecule has 2 aromatic rings. The number of benzene rings is 2. The third kappa shape index (κ3) is 4.99. The Balaban J connectivity index is 2.48. The Labute approximate surface area is 179 Å². The lowest BCUT2D eigenvalue weighted by atomic mass is 9.95. The average molecular weight is 489 g/mol. The molecule has 2 rings (SSSR count). The van der Waals surface area contributed by atoms with E-state index < -0.39 is 22.6 Å². The van der Waals surface area contributed by atoms with Crippen molar-refractivity contribution < 1.29 is 28.0 Å². The molecule has 2 aromatic carbocycles. The summed E-state index contributed by atoms with van der Waals surface area (Å²) in [6.07, 6.45) is -3.53. The minimum Gasteiger partial charge on any atom is -0.376 e. The number of nitrogens with zero attached hydrogens (tertiary/aromatic N) is 2. The summed E-state index contributed by atoms with van der Waals surface area (Å²) in [6, 6.07) is 8.77. The third-order valence-electron chi connectivity index (χ3n) is 4.64. The summed E-state index contributed by atoms with van der Waals surface area (Å²) in [7, 11) is 0. The molecule has 1 unspecified atom stereocenters. The Morgan fingerprint density at radius 2 is 1.90 bits per heavy atom. The molecule has 1 N–H and O–H groups in total. The van der Waals surface area contributed by atoms with E-state index in [0.29, 0.717) is 19.0 Å². The van der Waals surface area contributed by atoms with Crippen molar-refractivity contribution >= 4 is 33.2 Å². The lowest BCUT2D eigenvalue weighted by Crippen LogP contribution is -2.39. The highest BCUT2D eigenvalue weighted by atomic mass is 79.9. The molecule has 1 amide bonds. The van der Waals surface area contributed by atoms with Crippen molar-refractivity contribution in [3.63, 3.8) is 0 Å². The molecule has 1 atom stereocenters. The van der Waals surface area contributed by atoms with Gasteiger partial charge in [0.15, 0.2) is 5.60 Å². The minimum absolute atomic E-state index is 0.0820. The topological polar surface area (TPSA) is 83.7 Å². The Bertz CT molecular complexity index is 948. The van der Waals surface area contributed by atoms with Crippen molar-refractivity contribution in [1.82, 2.24) is 0 Å². The van der Waals surface area contributed by atoms with Crippen LogP contribution in [0.4, 0.5) is 24.5 Å². The number of hydrogen-bond acceptors (Lipinski definition) is 4. The van der Waals surface area contributed by atoms with Crippen LogP contribution in [0.1, 0.15) is 42.6 Å². The average Bonchev–Trinajstić information content (AvgIpc) is 2.68. The molecule has 0 aliphatic rings. The zero-order valence-corrected chi connectivity index (χ0v) is 17.8. The third-order valence-corrected chi connectivity index (χ3v) is 5.27. The zero-order valence-electron chi connectivity index (χ0n) is 16.2. The molecular weight excluding hydrogens is 469 g/mol. The number of alkyl halides is 3. The van der Waals surface area contributed by atoms with E-state index >= 15 is 0 Å². The van der Waals surface area contributed by atoms with Gasteiger partial charge in [-0.2, -0.15) is 13.2 Å². The number of aliphatic hydroxyl groups is 1. The van der Waals surface area contributed by atoms with Crippen LogP contribution in [0.3, 0.4) is 0 Å². The Morgan fingerprint density at radius 1 is 1.23 bits per heavy atom. The van der Waals surface area contributed by atoms with Gasteiger partial charge < -0.3 is 10.0 Å². The molecule has 0 spiro atoms. The van der Waals surface area contributed by atoms with Crippen molar-refractivity contribution in [3.05, 3.63) is 68.2 Å². The number of unbranched alkanes of at least 4 members (excludes halogenated alkanes) is 1. The number of nitro benzene ring substituents is 1. The fourth-order valence-electron chi connectivity index (χ4n) is 2.75. The van der Waals surface area contributed by atoms with E-state index in [4.69, 9.17) is 0 Å². The van der Waals surface area contributed by atoms with Gasteiger partial charge in [-0.1, -0.05) is 25.5 Å². The molecule has 0 fully saturated rings. The van der Waals surface area contributed by atoms with Gasteiger partial charge in [-0.05, 0) is 53.0 Å². The smallest absolute Gasteiger partial charge is 0.376 e. The number of amides is 1. The van der Waals surface area contributed by atoms with E-state index in [2.05, 4.69) is 15.9 Å². The fourth-order valence-corrected chi connectivity index (χ4v) is 3.34. The number of hydrogen-bond donors (Lipinski definition) is 1. The van der Waals surface area contributed by atoms with Crippen LogP contribution in [0.5, 0.6) is 0 Å². The molecule has 0 saturated heterocycles. The van der Waals surface area contributed by atoms with Crippen LogP contribution in [0.25, 0.3) is 0 Å². The number of non-ortho nitro benzene ring substituents is 1. The second-order valence-corrected chi connectivity index (χ2v) is 7.71. The van der Waals surface area contributed by atoms with E-state index in [9.17, 15) is 33.2 Å². The normalized spacial score (nSPS) is 13.6. The van der Waals surface area contributed by atoms with Crippen molar-refractivity contribution in [2.24, 2.45) is 0 Å². The van der Waals surface area contributed by atoms with E-state index in [0.717, 1.165) is 24.6 Å². The largest absolute Gasteiger partial charge is 0.421 e. The molecular formula is C20H20BrF3N2O4. The fraction of sp³-hybridized carbons (Fsp3) is 0.350. The number of anilines is 1. The van der Waals surface area contributed by atoms with E-state index in [1.807, 2.05) is 6.92 Å². The molecule has 0 heterocycles. The van der Waals surface area contributed by atoms with Crippen molar-refractivity contribution in [2.45, 2.75) is 38.5 Å². The summed E-state index contributed by atoms with van der Waals surface area (Å²) in [5, 5.41) is 20.9. The maximum atomic E-state index is 13.1. The second-order valence-electron chi connectivity index (χ2n) is 6.85. The quantitative estimate of drug-likeness (QED) is 0.407. The molecule has 6 nitrogen and oxygen atoms in total. The van der Waals surface area contributed by atoms with E-state index in [-0.39, 0.29) is 27.8 Å². The first kappa shape index (κ1) is 23.8. The molecule has 0 saturated carbocycles. The monoisotopic (exact) mass is 488 g/mol. The number of nitro groups is 1. The van der Waals surface area contributed by atoms with Gasteiger partial charge in [0.1, 0.15) is 0 Å². The lowest BCUT2D eigenvalue weighted by Gasteiger charge is -2.29. The molecule has 30 heavy (non-hydrogen) atoms. The number of halogens is 4. The second kappa shape index (κ2) is 9.13. The predicted octanol–water partition coefficient (Wildman–Crippen LogP) is 5.57. The Kier molecular flexibility index (Phi) is 7.25. The van der Waals surface area contributed by atoms with Gasteiger partial charge in [-0.25, -0.2) is 0 Å². The summed E-state index contributed by atoms with van der Waals surface area (Å²) in [4.78, 5) is 24.8. The minimum atomic E-state index is -4.88. The molecule has 0 aliphatic carbocycles. The molecule has 0 aliphatic heterocycles. The maximum Gasteiger partial charge on any atom is 0.421 e. The van der Waals surface area contributed by atoms with Crippen molar-refractivity contribution in [2.75, 3.05) is 11.4 Å². The standard InChI is InChI=1S/C20H20BrF3N2O4/c1-3-4-10-25(18(27)13-6-5-7-15(11-13)26(29)30)17-9-8-14(12-16(17)21)19(2,28)20(22,23)24/h5-9,11-12,28H,3-4,10H2,1-2H3. The SMILES string of the molecule is CCCCN(C(=O)c1cccc([N+](=O)[O-])c1)c1ccc(C(C)(O)C(F)(F)F)cc1Br. The van der Waals surface area contributed by atoms with Gasteiger partial charge >= 0.3 is 6.18 Å². The van der Waals surface area contributed by atoms with Crippen LogP contribution in [0.15, 0.2) is 46.9 Å². The number of carbonyl (C=O) groups is 1. The summed E-state index contributed by atoms with van der Waals surface area (Å²) in [6.45, 7) is 2.82. The summed E-state index contributed by atoms with van der Waals surface area (Å²) >= 11 is 3.20. The van der Waals surface area contributed by atoms with Crippen LogP contribution >= 0.6 is 15.9 Å². The first-order valence-electron chi connectivity index (χ1n) is 9.05. The molecule has 0 radical (unpaired) electrons. The van der Waals surface area contributed by atoms with Crippen LogP contribution in [-0.2, 0) is 5.60 Å². The predicted molar refractivity (Wildman–Crippen MR) is 109 cm³/mol. The summed E-state index contributed by atoms with van der Waals surface area (Å²) in [5.74, 6) is -0.525. The van der Waals surface area contributed by atoms with Gasteiger partial charge in [0, 0.05) is 28.7 Å².